The van der Waals surface area contributed by atoms with E-state index in [0.29, 0.717) is 0 Å². The fraction of sp³-hybridized carbons (Fsp3) is 1.00. The molecule has 17 heavy (non-hydrogen) atoms. The summed E-state index contributed by atoms with van der Waals surface area (Å²) in [5, 5.41) is 18.1. The quantitative estimate of drug-likeness (QED) is 0.549. The van der Waals surface area contributed by atoms with E-state index in [1.165, 1.54) is 38.5 Å². The Morgan fingerprint density at radius 2 is 1.76 bits per heavy atom. The van der Waals surface area contributed by atoms with Crippen molar-refractivity contribution >= 4 is 0 Å². The van der Waals surface area contributed by atoms with Gasteiger partial charge < -0.3 is 14.9 Å². The van der Waals surface area contributed by atoms with Gasteiger partial charge in [-0.3, -0.25) is 0 Å². The Hall–Kier alpha value is -0.120. The van der Waals surface area contributed by atoms with Crippen molar-refractivity contribution in [3.63, 3.8) is 0 Å². The van der Waals surface area contributed by atoms with E-state index in [9.17, 15) is 5.11 Å². The predicted octanol–water partition coefficient (Wildman–Crippen LogP) is 2.50. The lowest BCUT2D eigenvalue weighted by Gasteiger charge is -2.07. The van der Waals surface area contributed by atoms with E-state index in [4.69, 9.17) is 9.84 Å². The summed E-state index contributed by atoms with van der Waals surface area (Å²) in [5.74, 6) is 0.185. The topological polar surface area (TPSA) is 49.7 Å². The number of ether oxygens (including phenoxy) is 1. The molecule has 0 spiro atoms. The zero-order chi connectivity index (χ0) is 12.5. The second-order valence-corrected chi connectivity index (χ2v) is 5.18. The lowest BCUT2D eigenvalue weighted by Crippen LogP contribution is -2.17. The highest BCUT2D eigenvalue weighted by atomic mass is 16.5. The van der Waals surface area contributed by atoms with E-state index >= 15 is 0 Å². The number of aliphatic hydroxyl groups excluding tert-OH is 2. The Kier molecular flexibility index (Phi) is 7.82. The summed E-state index contributed by atoms with van der Waals surface area (Å²) in [6.45, 7) is 2.91. The molecule has 1 saturated carbocycles. The van der Waals surface area contributed by atoms with Crippen LogP contribution in [0.25, 0.3) is 0 Å². The molecule has 1 aliphatic rings. The molecule has 0 aromatic rings. The van der Waals surface area contributed by atoms with Crippen LogP contribution in [-0.2, 0) is 4.74 Å². The molecule has 3 heteroatoms. The maximum atomic E-state index is 9.36. The van der Waals surface area contributed by atoms with Gasteiger partial charge in [0.1, 0.15) is 0 Å². The molecule has 0 aromatic carbocycles. The van der Waals surface area contributed by atoms with Crippen LogP contribution in [0, 0.1) is 5.92 Å². The molecule has 0 heterocycles. The van der Waals surface area contributed by atoms with Gasteiger partial charge in [0, 0.05) is 12.5 Å². The first-order chi connectivity index (χ1) is 8.29. The lowest BCUT2D eigenvalue weighted by atomic mass is 10.1. The van der Waals surface area contributed by atoms with E-state index in [-0.39, 0.29) is 18.6 Å². The second-order valence-electron chi connectivity index (χ2n) is 5.18. The summed E-state index contributed by atoms with van der Waals surface area (Å²) in [7, 11) is 0. The van der Waals surface area contributed by atoms with Gasteiger partial charge in [0.05, 0.1) is 18.8 Å². The Morgan fingerprint density at radius 3 is 2.41 bits per heavy atom. The van der Waals surface area contributed by atoms with Crippen molar-refractivity contribution in [2.24, 2.45) is 5.92 Å². The molecule has 0 bridgehead atoms. The third-order valence-electron chi connectivity index (χ3n) is 3.54. The van der Waals surface area contributed by atoms with Crippen molar-refractivity contribution in [3.8, 4) is 0 Å². The first-order valence-electron chi connectivity index (χ1n) is 7.20. The number of unbranched alkanes of at least 4 members (excludes halogenated alkanes) is 6. The average molecular weight is 244 g/mol. The van der Waals surface area contributed by atoms with Crippen LogP contribution in [0.5, 0.6) is 0 Å². The summed E-state index contributed by atoms with van der Waals surface area (Å²) < 4.78 is 5.65. The number of hydrogen-bond donors (Lipinski definition) is 2. The molecule has 3 atom stereocenters. The Morgan fingerprint density at radius 1 is 1.12 bits per heavy atom. The van der Waals surface area contributed by atoms with Gasteiger partial charge in [0.2, 0.25) is 0 Å². The summed E-state index contributed by atoms with van der Waals surface area (Å²) in [6.07, 6.45) is 9.63. The molecule has 2 N–H and O–H groups in total. The van der Waals surface area contributed by atoms with Crippen LogP contribution in [0.4, 0.5) is 0 Å². The van der Waals surface area contributed by atoms with Crippen molar-refractivity contribution in [3.05, 3.63) is 0 Å². The Bertz CT molecular complexity index is 184. The fourth-order valence-corrected chi connectivity index (χ4v) is 2.22. The molecule has 1 rings (SSSR count). The molecule has 1 aliphatic carbocycles. The SMILES string of the molecule is CCCCCCCCCOC1CC1C(O)CO. The van der Waals surface area contributed by atoms with Gasteiger partial charge in [-0.05, 0) is 12.8 Å². The van der Waals surface area contributed by atoms with Crippen molar-refractivity contribution in [1.29, 1.82) is 0 Å². The van der Waals surface area contributed by atoms with Crippen LogP contribution >= 0.6 is 0 Å². The monoisotopic (exact) mass is 244 g/mol. The van der Waals surface area contributed by atoms with Gasteiger partial charge in [0.15, 0.2) is 0 Å². The molecule has 3 nitrogen and oxygen atoms in total. The second kappa shape index (κ2) is 8.90. The summed E-state index contributed by atoms with van der Waals surface area (Å²) in [4.78, 5) is 0. The Labute approximate surface area is 105 Å². The van der Waals surface area contributed by atoms with Gasteiger partial charge in [0.25, 0.3) is 0 Å². The molecular weight excluding hydrogens is 216 g/mol. The van der Waals surface area contributed by atoms with Gasteiger partial charge in [-0.15, -0.1) is 0 Å². The zero-order valence-corrected chi connectivity index (χ0v) is 11.1. The number of aliphatic hydroxyl groups is 2. The molecule has 0 radical (unpaired) electrons. The normalized spacial score (nSPS) is 24.9. The molecular formula is C14H28O3. The van der Waals surface area contributed by atoms with E-state index in [2.05, 4.69) is 6.92 Å². The molecule has 0 amide bonds. The maximum Gasteiger partial charge on any atom is 0.0824 e. The van der Waals surface area contributed by atoms with Gasteiger partial charge in [-0.2, -0.15) is 0 Å². The summed E-state index contributed by atoms with van der Waals surface area (Å²) in [5.41, 5.74) is 0. The van der Waals surface area contributed by atoms with E-state index in [1.54, 1.807) is 0 Å². The highest BCUT2D eigenvalue weighted by Gasteiger charge is 2.43. The first kappa shape index (κ1) is 14.9. The molecule has 1 fully saturated rings. The van der Waals surface area contributed by atoms with Crippen LogP contribution in [0.3, 0.4) is 0 Å². The average Bonchev–Trinajstić information content (AvgIpc) is 3.11. The number of rotatable bonds is 11. The molecule has 102 valence electrons. The van der Waals surface area contributed by atoms with Crippen molar-refractivity contribution in [2.45, 2.75) is 70.5 Å². The highest BCUT2D eigenvalue weighted by molar-refractivity contribution is 4.92. The lowest BCUT2D eigenvalue weighted by molar-refractivity contribution is 0.0408. The van der Waals surface area contributed by atoms with Crippen molar-refractivity contribution in [1.82, 2.24) is 0 Å². The predicted molar refractivity (Wildman–Crippen MR) is 68.9 cm³/mol. The minimum Gasteiger partial charge on any atom is -0.394 e. The zero-order valence-electron chi connectivity index (χ0n) is 11.1. The van der Waals surface area contributed by atoms with Gasteiger partial charge in [-0.1, -0.05) is 45.4 Å². The van der Waals surface area contributed by atoms with E-state index < -0.39 is 6.10 Å². The van der Waals surface area contributed by atoms with Crippen LogP contribution < -0.4 is 0 Å². The van der Waals surface area contributed by atoms with Crippen LogP contribution in [-0.4, -0.2) is 35.6 Å². The van der Waals surface area contributed by atoms with Crippen molar-refractivity contribution in [2.75, 3.05) is 13.2 Å². The molecule has 3 unspecified atom stereocenters. The largest absolute Gasteiger partial charge is 0.394 e. The first-order valence-corrected chi connectivity index (χ1v) is 7.20. The third kappa shape index (κ3) is 6.39. The maximum absolute atomic E-state index is 9.36. The minimum absolute atomic E-state index is 0.137. The van der Waals surface area contributed by atoms with Crippen LogP contribution in [0.2, 0.25) is 0 Å². The minimum atomic E-state index is -0.575. The van der Waals surface area contributed by atoms with Crippen LogP contribution in [0.15, 0.2) is 0 Å². The Balaban J connectivity index is 1.80. The van der Waals surface area contributed by atoms with Crippen LogP contribution in [0.1, 0.15) is 58.3 Å². The van der Waals surface area contributed by atoms with E-state index in [0.717, 1.165) is 19.4 Å². The highest BCUT2D eigenvalue weighted by Crippen LogP contribution is 2.36. The van der Waals surface area contributed by atoms with Crippen molar-refractivity contribution < 1.29 is 14.9 Å². The third-order valence-corrected chi connectivity index (χ3v) is 3.54. The summed E-state index contributed by atoms with van der Waals surface area (Å²) >= 11 is 0. The van der Waals surface area contributed by atoms with Gasteiger partial charge in [-0.25, -0.2) is 0 Å². The fourth-order valence-electron chi connectivity index (χ4n) is 2.22. The molecule has 0 aromatic heterocycles. The smallest absolute Gasteiger partial charge is 0.0824 e. The van der Waals surface area contributed by atoms with E-state index in [1.807, 2.05) is 0 Å². The standard InChI is InChI=1S/C14H28O3/c1-2-3-4-5-6-7-8-9-17-14-10-12(14)13(16)11-15/h12-16H,2-11H2,1H3. The molecule has 0 aliphatic heterocycles. The molecule has 0 saturated heterocycles. The summed E-state index contributed by atoms with van der Waals surface area (Å²) in [6, 6.07) is 0. The number of hydrogen-bond acceptors (Lipinski definition) is 3. The van der Waals surface area contributed by atoms with Gasteiger partial charge >= 0.3 is 0 Å².